The second-order valence-electron chi connectivity index (χ2n) is 23.2. The molecule has 0 radical (unpaired) electrons. The first-order valence-electron chi connectivity index (χ1n) is 34.1. The van der Waals surface area contributed by atoms with Crippen molar-refractivity contribution in [1.29, 1.82) is 0 Å². The van der Waals surface area contributed by atoms with E-state index >= 15 is 0 Å². The minimum absolute atomic E-state index is 0.0445. The molecule has 0 saturated carbocycles. The lowest BCUT2D eigenvalue weighted by Gasteiger charge is -2.35. The first kappa shape index (κ1) is 125. The summed E-state index contributed by atoms with van der Waals surface area (Å²) in [5, 5.41) is 32.0. The maximum Gasteiger partial charge on any atom is 0.536 e. The van der Waals surface area contributed by atoms with Gasteiger partial charge in [-0.25, -0.2) is 19.2 Å². The summed E-state index contributed by atoms with van der Waals surface area (Å²) in [4.78, 5) is 88.4. The van der Waals surface area contributed by atoms with Crippen LogP contribution in [0.2, 0.25) is 0 Å². The smallest absolute Gasteiger partial charge is 0.507 e. The van der Waals surface area contributed by atoms with Gasteiger partial charge in [0.05, 0.1) is 71.7 Å². The number of carbonyl (C=O) groups is 5. The summed E-state index contributed by atoms with van der Waals surface area (Å²) in [7, 11) is 14.9. The van der Waals surface area contributed by atoms with Gasteiger partial charge >= 0.3 is 90.6 Å². The van der Waals surface area contributed by atoms with Crippen molar-refractivity contribution in [3.05, 3.63) is 174 Å². The molecule has 4 heterocycles. The molecule has 33 nitrogen and oxygen atoms in total. The van der Waals surface area contributed by atoms with Crippen LogP contribution in [0.1, 0.15) is 64.6 Å². The van der Waals surface area contributed by atoms with Crippen molar-refractivity contribution in [2.24, 2.45) is 10.3 Å². The second-order valence-corrected chi connectivity index (χ2v) is 55.1. The number of methoxy groups -OCH3 is 5. The molecule has 0 aliphatic carbocycles. The fourth-order valence-electron chi connectivity index (χ4n) is 8.40. The summed E-state index contributed by atoms with van der Waals surface area (Å²) in [6.45, 7) is 4.70. The van der Waals surface area contributed by atoms with Crippen LogP contribution in [0.25, 0.3) is 39.0 Å². The van der Waals surface area contributed by atoms with Gasteiger partial charge in [0.15, 0.2) is 27.9 Å². The topological polar surface area (TPSA) is 473 Å². The van der Waals surface area contributed by atoms with Gasteiger partial charge in [-0.3, -0.25) is 23.5 Å². The average molecular weight is 2370 g/mol. The second kappa shape index (κ2) is 57.8. The maximum absolute atomic E-state index is 13.2. The zero-order chi connectivity index (χ0) is 105. The van der Waals surface area contributed by atoms with Crippen LogP contribution in [0.4, 0.5) is 79.0 Å². The molecule has 0 saturated heterocycles. The summed E-state index contributed by atoms with van der Waals surface area (Å²) < 4.78 is 354. The molecule has 138 heavy (non-hydrogen) atoms. The van der Waals surface area contributed by atoms with Crippen molar-refractivity contribution in [3.63, 3.8) is 0 Å². The number of halogens is 18. The number of hydrogen-bond donors (Lipinski definition) is 3. The van der Waals surface area contributed by atoms with Crippen molar-refractivity contribution >= 4 is 265 Å². The van der Waals surface area contributed by atoms with Crippen LogP contribution < -0.4 is 45.3 Å². The Bertz CT molecular complexity index is 7180. The number of phenols is 1. The number of fused-ring (bicyclic) bond motifs is 4. The summed E-state index contributed by atoms with van der Waals surface area (Å²) in [5.41, 5.74) is -23.9. The van der Waals surface area contributed by atoms with E-state index in [0.29, 0.717) is 46.4 Å². The molecule has 9 rings (SSSR count). The summed E-state index contributed by atoms with van der Waals surface area (Å²) in [5.74, 6) is -6.45. The maximum atomic E-state index is 13.2. The molecule has 3 N–H and O–H groups in total. The molecule has 0 bridgehead atoms. The Balaban J connectivity index is 0.000000544. The summed E-state index contributed by atoms with van der Waals surface area (Å²) in [6.07, 6.45) is -19.3. The third-order valence-electron chi connectivity index (χ3n) is 14.0. The van der Waals surface area contributed by atoms with Crippen LogP contribution in [-0.2, 0) is 217 Å². The first-order chi connectivity index (χ1) is 64.0. The van der Waals surface area contributed by atoms with Gasteiger partial charge in [0, 0.05) is 196 Å². The number of ketones is 2. The van der Waals surface area contributed by atoms with E-state index in [1.807, 2.05) is 5.16 Å². The Morgan fingerprint density at radius 2 is 0.870 bits per heavy atom. The summed E-state index contributed by atoms with van der Waals surface area (Å²) in [6, 6.07) is 23.2. The number of nitrogens with zero attached hydrogens (tertiary/aromatic N) is 2. The Kier molecular flexibility index (Phi) is 52.4. The van der Waals surface area contributed by atoms with Crippen molar-refractivity contribution in [2.45, 2.75) is 68.7 Å². The van der Waals surface area contributed by atoms with Crippen LogP contribution in [0.5, 0.6) is 40.2 Å². The standard InChI is InChI=1S/C14H13F3O5.C13H7F6NO6S.C12H8F3NO4.C12H7F3O4.C8H8O3.C6H10O3.C2H3F3O5S2.OS17/c1-3-21-12(18)10-6-8-4-5-9(20-2)7-11(8)22-13(10,19)14(15,16)17;1-24-7-3-2-6-4-8(11(21)25-9(6)5-7)10(12(14,15)16)20-26-27(22,23)13(17,18)19;1-19-7-3-2-6-4-8(10(16-18)12(13,14)15)11(17)20-9(6)5-7;1-18-7-3-2-6-4-8(10(16)12(13,14)15)11(17)19-9(6)5-7;1-11-7-3-2-6(5-9)8(10)4-7;1-3-9-6(8)4-5(2)7;1-11(6,7)10-12(8,9)2(3,4)5;1-3-5-7-9-11-13-15-17-18-16-14-12-10-8-6-4-2/h4-7,19H,3H2,1-2H3;2-5H,1H3;2-5,18H,1H3;2-5H,1H3;2-5,10H,1H3;3-4H2,1-2H3;1H3;/b;20-10+;16-10+;;;;;. The number of aromatic hydroxyl groups is 1. The van der Waals surface area contributed by atoms with Gasteiger partial charge in [-0.15, -0.1) is 3.63 Å². The van der Waals surface area contributed by atoms with Crippen molar-refractivity contribution in [1.82, 2.24) is 0 Å². The molecule has 5 aromatic carbocycles. The SMILES string of the molecule is CCOC(=O)C1=Cc2ccc(OC)cc2OC1(O)C(F)(F)F.CCOC(=O)CC(C)=O.COc1ccc(C=O)c(O)c1.COc1ccc2cc(/C(=N\O)C(F)(F)F)c(=O)oc2c1.COc1ccc2cc(/C(=N\OS(=O)(=O)C(F)(F)F)C(F)(F)F)c(=O)oc2c1.COc1ccc2cc(C(=O)C(F)(F)F)c(=O)oc2c1.CS(=O)(=O)OS(=O)(=O)C(F)(F)F.O=S=S=S=S=S=S=S=S=S=S=S=S=S=S=S=S=S. The molecular weight excluding hydrogens is 2310 g/mol. The lowest BCUT2D eigenvalue weighted by Crippen LogP contribution is -2.55. The first-order valence-corrected chi connectivity index (χ1v) is 60.4. The fourth-order valence-corrected chi connectivity index (χ4v) is 46.9. The van der Waals surface area contributed by atoms with Gasteiger partial charge in [0.1, 0.15) is 80.3 Å². The fraction of sp³-hybridized carbons (Fsp3) is 0.284. The number of aliphatic hydroxyl groups is 1. The normalized spacial score (nSPS) is 12.9. The molecule has 71 heteroatoms. The number of ether oxygens (including phenoxy) is 8. The number of aldehydes is 1. The average Bonchev–Trinajstić information content (AvgIpc) is 0.741. The minimum Gasteiger partial charge on any atom is -0.507 e. The minimum atomic E-state index is -6.46. The largest absolute Gasteiger partial charge is 0.536 e. The van der Waals surface area contributed by atoms with E-state index in [-0.39, 0.29) is 92.1 Å². The molecule has 8 aromatic rings. The van der Waals surface area contributed by atoms with E-state index in [2.05, 4.69) is 31.7 Å². The molecule has 3 aromatic heterocycles. The van der Waals surface area contributed by atoms with Gasteiger partial charge in [-0.05, 0) is 106 Å². The third-order valence-corrected chi connectivity index (χ3v) is 48.9. The van der Waals surface area contributed by atoms with E-state index in [4.69, 9.17) is 54.0 Å². The monoisotopic (exact) mass is 2370 g/mol. The third kappa shape index (κ3) is 42.0. The molecule has 1 aliphatic heterocycles. The zero-order valence-electron chi connectivity index (χ0n) is 68.8. The molecule has 0 spiro atoms. The molecular formula is C67H56F18N2O31S20. The molecule has 0 fully saturated rings. The number of benzene rings is 5. The summed E-state index contributed by atoms with van der Waals surface area (Å²) >= 11 is 4.73. The quantitative estimate of drug-likeness (QED) is 0.00686. The Hall–Kier alpha value is -8.99. The number of rotatable bonds is 18. The lowest BCUT2D eigenvalue weighted by atomic mass is 9.98. The van der Waals surface area contributed by atoms with Crippen molar-refractivity contribution in [3.8, 4) is 40.2 Å². The van der Waals surface area contributed by atoms with Gasteiger partial charge in [0.2, 0.25) is 0 Å². The van der Waals surface area contributed by atoms with Crippen LogP contribution in [0.3, 0.4) is 0 Å². The van der Waals surface area contributed by atoms with Gasteiger partial charge in [-0.1, -0.05) is 10.3 Å². The predicted octanol–water partition coefficient (Wildman–Crippen LogP) is 11.5. The predicted molar refractivity (Wildman–Crippen MR) is 499 cm³/mol. The number of alkyl halides is 18. The molecule has 1 aliphatic rings. The molecule has 0 amide bonds. The zero-order valence-corrected chi connectivity index (χ0v) is 85.1. The van der Waals surface area contributed by atoms with E-state index < -0.39 is 140 Å². The number of esters is 2. The molecule has 1 atom stereocenters. The number of carbonyl (C=O) groups excluding carboxylic acids is 5. The highest BCUT2D eigenvalue weighted by Gasteiger charge is 2.63. The highest BCUT2D eigenvalue weighted by molar-refractivity contribution is 8.77. The van der Waals surface area contributed by atoms with Crippen molar-refractivity contribution in [2.75, 3.05) is 55.0 Å². The van der Waals surface area contributed by atoms with Gasteiger partial charge < -0.3 is 66.6 Å². The van der Waals surface area contributed by atoms with E-state index in [9.17, 15) is 152 Å². The number of phenolic OH excluding ortho intramolecular Hbond substituents is 1. The van der Waals surface area contributed by atoms with E-state index in [1.54, 1.807) is 120 Å². The number of oxime groups is 2. The van der Waals surface area contributed by atoms with Crippen LogP contribution in [0, 0.1) is 0 Å². The number of hydrogen-bond acceptors (Lipinski definition) is 34. The van der Waals surface area contributed by atoms with Crippen LogP contribution in [0.15, 0.2) is 153 Å². The lowest BCUT2D eigenvalue weighted by molar-refractivity contribution is -0.316. The molecule has 1 unspecified atom stereocenters. The van der Waals surface area contributed by atoms with Gasteiger partial charge in [0.25, 0.3) is 15.9 Å². The number of Topliss-reactive ketones (excluding diaryl/α,β-unsaturated/α-hetero) is 2. The Labute approximate surface area is 812 Å². The highest BCUT2D eigenvalue weighted by atomic mass is 33.5. The van der Waals surface area contributed by atoms with Gasteiger partial charge in [-0.2, -0.15) is 108 Å². The van der Waals surface area contributed by atoms with Crippen molar-refractivity contribution < 1.29 is 207 Å². The van der Waals surface area contributed by atoms with E-state index in [0.717, 1.165) is 18.2 Å². The highest BCUT2D eigenvalue weighted by Crippen LogP contribution is 2.45. The van der Waals surface area contributed by atoms with E-state index in [1.165, 1.54) is 161 Å². The van der Waals surface area contributed by atoms with Crippen LogP contribution >= 0.6 is 0 Å². The van der Waals surface area contributed by atoms with Crippen LogP contribution in [-0.4, -0.2) is 183 Å². The Morgan fingerprint density at radius 1 is 0.500 bits per heavy atom. The molecule has 766 valence electrons. The Morgan fingerprint density at radius 3 is 1.20 bits per heavy atom.